The van der Waals surface area contributed by atoms with Gasteiger partial charge in [-0.2, -0.15) is 5.10 Å². The van der Waals surface area contributed by atoms with E-state index in [1.807, 2.05) is 6.92 Å². The number of rotatable bonds is 5. The van der Waals surface area contributed by atoms with Crippen LogP contribution in [0.25, 0.3) is 0 Å². The van der Waals surface area contributed by atoms with Crippen molar-refractivity contribution in [1.29, 1.82) is 0 Å². The van der Waals surface area contributed by atoms with Gasteiger partial charge in [-0.1, -0.05) is 25.5 Å². The molecule has 0 amide bonds. The molecule has 0 bridgehead atoms. The van der Waals surface area contributed by atoms with Crippen LogP contribution < -0.4 is 11.0 Å². The van der Waals surface area contributed by atoms with E-state index in [-0.39, 0.29) is 11.4 Å². The third-order valence-corrected chi connectivity index (χ3v) is 2.89. The van der Waals surface area contributed by atoms with Crippen LogP contribution in [0.5, 0.6) is 0 Å². The fourth-order valence-corrected chi connectivity index (χ4v) is 1.84. The number of nitrogens with zero attached hydrogens (tertiary/aromatic N) is 2. The summed E-state index contributed by atoms with van der Waals surface area (Å²) >= 11 is 0. The van der Waals surface area contributed by atoms with Gasteiger partial charge in [0.15, 0.2) is 0 Å². The Kier molecular flexibility index (Phi) is 4.81. The molecule has 21 heavy (non-hydrogen) atoms. The molecular formula is C15H17FN4O. The Morgan fingerprint density at radius 2 is 2.10 bits per heavy atom. The number of aromatic amines is 1. The van der Waals surface area contributed by atoms with Gasteiger partial charge in [-0.15, -0.1) is 0 Å². The molecule has 2 rings (SSSR count). The average molecular weight is 288 g/mol. The summed E-state index contributed by atoms with van der Waals surface area (Å²) in [6, 6.07) is 7.50. The van der Waals surface area contributed by atoms with Crippen LogP contribution in [0.1, 0.15) is 31.5 Å². The van der Waals surface area contributed by atoms with E-state index < -0.39 is 0 Å². The van der Waals surface area contributed by atoms with Crippen LogP contribution >= 0.6 is 0 Å². The van der Waals surface area contributed by atoms with E-state index in [0.717, 1.165) is 24.1 Å². The maximum atomic E-state index is 12.9. The normalized spacial score (nSPS) is 11.5. The van der Waals surface area contributed by atoms with E-state index in [1.54, 1.807) is 19.1 Å². The molecule has 0 saturated heterocycles. The van der Waals surface area contributed by atoms with E-state index in [1.165, 1.54) is 18.2 Å². The average Bonchev–Trinajstić information content (AvgIpc) is 2.45. The molecule has 0 fully saturated rings. The molecule has 110 valence electrons. The molecule has 2 N–H and O–H groups in total. The number of aromatic nitrogens is 2. The summed E-state index contributed by atoms with van der Waals surface area (Å²) in [7, 11) is 0. The van der Waals surface area contributed by atoms with Crippen LogP contribution in [-0.4, -0.2) is 15.7 Å². The molecule has 2 aromatic rings. The number of hydrogen-bond acceptors (Lipinski definition) is 4. The molecule has 0 radical (unpaired) electrons. The first-order chi connectivity index (χ1) is 10.1. The molecular weight excluding hydrogens is 271 g/mol. The van der Waals surface area contributed by atoms with Crippen molar-refractivity contribution in [3.63, 3.8) is 0 Å². The van der Waals surface area contributed by atoms with Gasteiger partial charge in [0, 0.05) is 11.8 Å². The summed E-state index contributed by atoms with van der Waals surface area (Å²) in [4.78, 5) is 18.4. The monoisotopic (exact) mass is 288 g/mol. The summed E-state index contributed by atoms with van der Waals surface area (Å²) in [5, 5.41) is 4.15. The number of hydrazone groups is 1. The van der Waals surface area contributed by atoms with Gasteiger partial charge in [0.25, 0.3) is 5.56 Å². The molecule has 0 saturated carbocycles. The van der Waals surface area contributed by atoms with Crippen LogP contribution in [0.15, 0.2) is 40.2 Å². The van der Waals surface area contributed by atoms with Crippen molar-refractivity contribution in [1.82, 2.24) is 9.97 Å². The minimum atomic E-state index is -0.294. The zero-order valence-corrected chi connectivity index (χ0v) is 12.0. The third kappa shape index (κ3) is 4.24. The molecule has 0 atom stereocenters. The number of halogens is 1. The van der Waals surface area contributed by atoms with Crippen LogP contribution in [0.3, 0.4) is 0 Å². The lowest BCUT2D eigenvalue weighted by molar-refractivity contribution is 0.628. The van der Waals surface area contributed by atoms with Gasteiger partial charge in [0.1, 0.15) is 5.82 Å². The highest BCUT2D eigenvalue weighted by atomic mass is 19.1. The largest absolute Gasteiger partial charge is 0.291 e. The molecule has 0 aliphatic rings. The zero-order valence-electron chi connectivity index (χ0n) is 12.0. The van der Waals surface area contributed by atoms with Crippen LogP contribution in [-0.2, 0) is 6.42 Å². The summed E-state index contributed by atoms with van der Waals surface area (Å²) in [5.74, 6) is 0.00480. The van der Waals surface area contributed by atoms with Crippen molar-refractivity contribution in [3.05, 3.63) is 57.8 Å². The van der Waals surface area contributed by atoms with E-state index in [2.05, 4.69) is 20.5 Å². The highest BCUT2D eigenvalue weighted by Crippen LogP contribution is 2.05. The van der Waals surface area contributed by atoms with Gasteiger partial charge in [0.2, 0.25) is 5.95 Å². The number of hydrogen-bond donors (Lipinski definition) is 2. The standard InChI is InChI=1S/C15H17FN4O/c1-3-4-13-9-14(21)18-15(17-13)20-19-10(2)11-5-7-12(16)8-6-11/h5-9H,3-4H2,1-2H3,(H2,17,18,20,21). The van der Waals surface area contributed by atoms with E-state index in [4.69, 9.17) is 0 Å². The Hall–Kier alpha value is -2.50. The fourth-order valence-electron chi connectivity index (χ4n) is 1.84. The molecule has 0 aliphatic carbocycles. The fraction of sp³-hybridized carbons (Fsp3) is 0.267. The predicted octanol–water partition coefficient (Wildman–Crippen LogP) is 2.70. The van der Waals surface area contributed by atoms with Crippen molar-refractivity contribution in [2.24, 2.45) is 5.10 Å². The summed E-state index contributed by atoms with van der Waals surface area (Å²) < 4.78 is 12.9. The van der Waals surface area contributed by atoms with Crippen molar-refractivity contribution >= 4 is 11.7 Å². The van der Waals surface area contributed by atoms with Gasteiger partial charge in [-0.05, 0) is 31.0 Å². The number of H-pyrrole nitrogens is 1. The van der Waals surface area contributed by atoms with E-state index in [9.17, 15) is 9.18 Å². The second kappa shape index (κ2) is 6.78. The summed E-state index contributed by atoms with van der Waals surface area (Å²) in [6.07, 6.45) is 1.65. The first kappa shape index (κ1) is 14.9. The van der Waals surface area contributed by atoms with Crippen molar-refractivity contribution < 1.29 is 4.39 Å². The SMILES string of the molecule is CCCc1cc(=O)[nH]c(NN=C(C)c2ccc(F)cc2)n1. The van der Waals surface area contributed by atoms with Crippen LogP contribution in [0.2, 0.25) is 0 Å². The molecule has 1 aromatic heterocycles. The molecule has 0 unspecified atom stereocenters. The Labute approximate surface area is 121 Å². The summed E-state index contributed by atoms with van der Waals surface area (Å²) in [5.41, 5.74) is 4.68. The van der Waals surface area contributed by atoms with E-state index >= 15 is 0 Å². The van der Waals surface area contributed by atoms with Crippen LogP contribution in [0.4, 0.5) is 10.3 Å². The molecule has 5 nitrogen and oxygen atoms in total. The minimum absolute atomic E-state index is 0.217. The number of nitrogens with one attached hydrogen (secondary N) is 2. The smallest absolute Gasteiger partial charge is 0.252 e. The second-order valence-corrected chi connectivity index (χ2v) is 4.65. The quantitative estimate of drug-likeness (QED) is 0.656. The maximum Gasteiger partial charge on any atom is 0.252 e. The molecule has 0 spiro atoms. The lowest BCUT2D eigenvalue weighted by Crippen LogP contribution is -2.12. The van der Waals surface area contributed by atoms with Gasteiger partial charge in [-0.25, -0.2) is 14.8 Å². The predicted molar refractivity (Wildman–Crippen MR) is 81.1 cm³/mol. The first-order valence-corrected chi connectivity index (χ1v) is 6.75. The first-order valence-electron chi connectivity index (χ1n) is 6.75. The zero-order chi connectivity index (χ0) is 15.2. The lowest BCUT2D eigenvalue weighted by atomic mass is 10.1. The van der Waals surface area contributed by atoms with Gasteiger partial charge < -0.3 is 0 Å². The van der Waals surface area contributed by atoms with Gasteiger partial charge in [-0.3, -0.25) is 9.78 Å². The van der Waals surface area contributed by atoms with E-state index in [0.29, 0.717) is 11.7 Å². The molecule has 1 aromatic carbocycles. The number of aryl methyl sites for hydroxylation is 1. The highest BCUT2D eigenvalue weighted by Gasteiger charge is 2.01. The summed E-state index contributed by atoms with van der Waals surface area (Å²) in [6.45, 7) is 3.81. The van der Waals surface area contributed by atoms with Crippen molar-refractivity contribution in [2.75, 3.05) is 5.43 Å². The number of anilines is 1. The van der Waals surface area contributed by atoms with Crippen molar-refractivity contribution in [2.45, 2.75) is 26.7 Å². The third-order valence-electron chi connectivity index (χ3n) is 2.89. The Bertz CT molecular complexity index is 692. The molecule has 0 aliphatic heterocycles. The second-order valence-electron chi connectivity index (χ2n) is 4.65. The topological polar surface area (TPSA) is 70.1 Å². The molecule has 1 heterocycles. The van der Waals surface area contributed by atoms with Gasteiger partial charge in [0.05, 0.1) is 5.71 Å². The lowest BCUT2D eigenvalue weighted by Gasteiger charge is -2.04. The Morgan fingerprint density at radius 1 is 1.38 bits per heavy atom. The maximum absolute atomic E-state index is 12.9. The molecule has 6 heteroatoms. The Morgan fingerprint density at radius 3 is 2.76 bits per heavy atom. The van der Waals surface area contributed by atoms with Crippen LogP contribution in [0, 0.1) is 5.82 Å². The van der Waals surface area contributed by atoms with Gasteiger partial charge >= 0.3 is 0 Å². The highest BCUT2D eigenvalue weighted by molar-refractivity contribution is 5.98. The van der Waals surface area contributed by atoms with Crippen molar-refractivity contribution in [3.8, 4) is 0 Å². The Balaban J connectivity index is 2.16. The number of benzene rings is 1. The minimum Gasteiger partial charge on any atom is -0.291 e.